The Morgan fingerprint density at radius 3 is 2.43 bits per heavy atom. The van der Waals surface area contributed by atoms with Gasteiger partial charge in [0.05, 0.1) is 6.54 Å². The van der Waals surface area contributed by atoms with Crippen molar-refractivity contribution < 1.29 is 19.1 Å². The molecule has 0 aliphatic heterocycles. The zero-order chi connectivity index (χ0) is 17.3. The second kappa shape index (κ2) is 6.12. The summed E-state index contributed by atoms with van der Waals surface area (Å²) >= 11 is 0. The molecular formula is C16H18N2O5. The van der Waals surface area contributed by atoms with Gasteiger partial charge in [-0.05, 0) is 38.5 Å². The monoisotopic (exact) mass is 318 g/mol. The number of carbonyl (C=O) groups is 2. The fourth-order valence-corrected chi connectivity index (χ4v) is 2.45. The van der Waals surface area contributed by atoms with Gasteiger partial charge < -0.3 is 19.4 Å². The highest BCUT2D eigenvalue weighted by Crippen LogP contribution is 2.17. The van der Waals surface area contributed by atoms with Crippen LogP contribution in [0.4, 0.5) is 0 Å². The van der Waals surface area contributed by atoms with Crippen molar-refractivity contribution in [3.05, 3.63) is 56.4 Å². The van der Waals surface area contributed by atoms with Crippen molar-refractivity contribution in [1.82, 2.24) is 9.88 Å². The van der Waals surface area contributed by atoms with Gasteiger partial charge in [-0.15, -0.1) is 0 Å². The van der Waals surface area contributed by atoms with Crippen LogP contribution in [-0.4, -0.2) is 33.9 Å². The molecule has 1 amide bonds. The molecule has 2 aromatic rings. The lowest BCUT2D eigenvalue weighted by molar-refractivity contribution is 0.0694. The number of aromatic nitrogens is 1. The number of carboxylic acid groups (broad SMARTS) is 1. The van der Waals surface area contributed by atoms with Gasteiger partial charge in [0.1, 0.15) is 22.6 Å². The number of aromatic amines is 1. The van der Waals surface area contributed by atoms with E-state index in [4.69, 9.17) is 9.52 Å². The van der Waals surface area contributed by atoms with Gasteiger partial charge >= 0.3 is 5.97 Å². The van der Waals surface area contributed by atoms with Crippen LogP contribution >= 0.6 is 0 Å². The number of hydrogen-bond acceptors (Lipinski definition) is 4. The third-order valence-corrected chi connectivity index (χ3v) is 3.52. The number of aromatic carboxylic acids is 1. The molecule has 0 atom stereocenters. The first-order valence-electron chi connectivity index (χ1n) is 6.99. The fraction of sp³-hybridized carbons (Fsp3) is 0.312. The Hall–Kier alpha value is -2.83. The van der Waals surface area contributed by atoms with E-state index >= 15 is 0 Å². The van der Waals surface area contributed by atoms with Crippen molar-refractivity contribution in [2.75, 3.05) is 7.05 Å². The van der Waals surface area contributed by atoms with Crippen LogP contribution in [0.25, 0.3) is 0 Å². The van der Waals surface area contributed by atoms with Gasteiger partial charge in [0.15, 0.2) is 0 Å². The van der Waals surface area contributed by atoms with Crippen LogP contribution in [-0.2, 0) is 6.54 Å². The van der Waals surface area contributed by atoms with E-state index in [0.717, 1.165) is 0 Å². The number of pyridine rings is 1. The smallest absolute Gasteiger partial charge is 0.339 e. The van der Waals surface area contributed by atoms with Gasteiger partial charge in [0, 0.05) is 12.7 Å². The first-order valence-corrected chi connectivity index (χ1v) is 6.99. The SMILES string of the molecule is Cc1cc(C)c(C(=O)N(C)Cc2cc(C(=O)O)c(C)o2)c(=O)[nH]1. The van der Waals surface area contributed by atoms with Gasteiger partial charge in [0.25, 0.3) is 11.5 Å². The molecule has 2 rings (SSSR count). The van der Waals surface area contributed by atoms with Crippen molar-refractivity contribution in [1.29, 1.82) is 0 Å². The predicted octanol–water partition coefficient (Wildman–Crippen LogP) is 1.86. The van der Waals surface area contributed by atoms with Crippen molar-refractivity contribution in [2.24, 2.45) is 0 Å². The number of rotatable bonds is 4. The second-order valence-electron chi connectivity index (χ2n) is 5.49. The van der Waals surface area contributed by atoms with Crippen LogP contribution in [0.3, 0.4) is 0 Å². The molecule has 0 aliphatic rings. The minimum Gasteiger partial charge on any atom is -0.478 e. The maximum atomic E-state index is 12.5. The summed E-state index contributed by atoms with van der Waals surface area (Å²) in [5.41, 5.74) is 0.954. The molecule has 7 heteroatoms. The van der Waals surface area contributed by atoms with Gasteiger partial charge in [-0.2, -0.15) is 0 Å². The average molecular weight is 318 g/mol. The Kier molecular flexibility index (Phi) is 4.40. The Balaban J connectivity index is 2.26. The molecule has 2 heterocycles. The summed E-state index contributed by atoms with van der Waals surface area (Å²) in [6.07, 6.45) is 0. The first kappa shape index (κ1) is 16.5. The molecule has 0 aliphatic carbocycles. The molecule has 0 bridgehead atoms. The van der Waals surface area contributed by atoms with E-state index in [-0.39, 0.29) is 23.4 Å². The van der Waals surface area contributed by atoms with E-state index in [1.807, 2.05) is 0 Å². The summed E-state index contributed by atoms with van der Waals surface area (Å²) in [6.45, 7) is 5.05. The number of hydrogen-bond donors (Lipinski definition) is 2. The second-order valence-corrected chi connectivity index (χ2v) is 5.49. The predicted molar refractivity (Wildman–Crippen MR) is 82.7 cm³/mol. The highest BCUT2D eigenvalue weighted by Gasteiger charge is 2.21. The molecule has 23 heavy (non-hydrogen) atoms. The average Bonchev–Trinajstić information content (AvgIpc) is 2.78. The van der Waals surface area contributed by atoms with Crippen LogP contribution < -0.4 is 5.56 Å². The maximum Gasteiger partial charge on any atom is 0.339 e. The minimum absolute atomic E-state index is 0.0604. The molecule has 122 valence electrons. The van der Waals surface area contributed by atoms with Gasteiger partial charge in [-0.3, -0.25) is 9.59 Å². The maximum absolute atomic E-state index is 12.5. The molecule has 2 N–H and O–H groups in total. The Morgan fingerprint density at radius 1 is 1.26 bits per heavy atom. The Bertz CT molecular complexity index is 831. The summed E-state index contributed by atoms with van der Waals surface area (Å²) in [6, 6.07) is 3.11. The molecule has 0 saturated heterocycles. The number of H-pyrrole nitrogens is 1. The molecule has 2 aromatic heterocycles. The van der Waals surface area contributed by atoms with E-state index in [1.54, 1.807) is 26.8 Å². The van der Waals surface area contributed by atoms with Crippen LogP contribution in [0.5, 0.6) is 0 Å². The summed E-state index contributed by atoms with van der Waals surface area (Å²) in [5.74, 6) is -0.915. The van der Waals surface area contributed by atoms with Crippen molar-refractivity contribution in [3.63, 3.8) is 0 Å². The number of amides is 1. The van der Waals surface area contributed by atoms with Gasteiger partial charge in [-0.1, -0.05) is 0 Å². The Morgan fingerprint density at radius 2 is 1.91 bits per heavy atom. The molecule has 0 radical (unpaired) electrons. The van der Waals surface area contributed by atoms with Crippen LogP contribution in [0.2, 0.25) is 0 Å². The van der Waals surface area contributed by atoms with E-state index in [0.29, 0.717) is 17.0 Å². The van der Waals surface area contributed by atoms with Crippen LogP contribution in [0.1, 0.15) is 43.5 Å². The van der Waals surface area contributed by atoms with Crippen molar-refractivity contribution >= 4 is 11.9 Å². The first-order chi connectivity index (χ1) is 10.7. The van der Waals surface area contributed by atoms with E-state index in [2.05, 4.69) is 4.98 Å². The van der Waals surface area contributed by atoms with E-state index in [1.165, 1.54) is 18.0 Å². The standard InChI is InChI=1S/C16H18N2O5/c1-8-5-9(2)17-14(19)13(8)15(20)18(4)7-11-6-12(16(21)22)10(3)23-11/h5-6H,7H2,1-4H3,(H,17,19)(H,21,22). The fourth-order valence-electron chi connectivity index (χ4n) is 2.45. The molecule has 0 fully saturated rings. The number of aryl methyl sites for hydroxylation is 3. The third-order valence-electron chi connectivity index (χ3n) is 3.52. The molecule has 0 unspecified atom stereocenters. The van der Waals surface area contributed by atoms with Crippen molar-refractivity contribution in [2.45, 2.75) is 27.3 Å². The zero-order valence-corrected chi connectivity index (χ0v) is 13.4. The molecule has 0 spiro atoms. The number of carbonyl (C=O) groups excluding carboxylic acids is 1. The Labute approximate surface area is 132 Å². The molecule has 7 nitrogen and oxygen atoms in total. The normalized spacial score (nSPS) is 10.6. The minimum atomic E-state index is -1.09. The number of nitrogens with zero attached hydrogens (tertiary/aromatic N) is 1. The van der Waals surface area contributed by atoms with Gasteiger partial charge in [0.2, 0.25) is 0 Å². The number of carboxylic acids is 1. The summed E-state index contributed by atoms with van der Waals surface area (Å²) in [5, 5.41) is 9.01. The largest absolute Gasteiger partial charge is 0.478 e. The zero-order valence-electron chi connectivity index (χ0n) is 13.4. The molecule has 0 aromatic carbocycles. The molecule has 0 saturated carbocycles. The van der Waals surface area contributed by atoms with Crippen LogP contribution in [0, 0.1) is 20.8 Å². The topological polar surface area (TPSA) is 104 Å². The summed E-state index contributed by atoms with van der Waals surface area (Å²) in [4.78, 5) is 39.4. The molecular weight excluding hydrogens is 300 g/mol. The number of nitrogens with one attached hydrogen (secondary N) is 1. The lowest BCUT2D eigenvalue weighted by atomic mass is 10.1. The van der Waals surface area contributed by atoms with Crippen LogP contribution in [0.15, 0.2) is 21.3 Å². The summed E-state index contributed by atoms with van der Waals surface area (Å²) in [7, 11) is 1.53. The van der Waals surface area contributed by atoms with E-state index in [9.17, 15) is 14.4 Å². The third kappa shape index (κ3) is 3.33. The van der Waals surface area contributed by atoms with Gasteiger partial charge in [-0.25, -0.2) is 4.79 Å². The highest BCUT2D eigenvalue weighted by atomic mass is 16.4. The quantitative estimate of drug-likeness (QED) is 0.895. The number of furan rings is 1. The van der Waals surface area contributed by atoms with E-state index < -0.39 is 17.4 Å². The highest BCUT2D eigenvalue weighted by molar-refractivity contribution is 5.95. The lowest BCUT2D eigenvalue weighted by Crippen LogP contribution is -2.32. The summed E-state index contributed by atoms with van der Waals surface area (Å²) < 4.78 is 5.35. The lowest BCUT2D eigenvalue weighted by Gasteiger charge is -2.16. The van der Waals surface area contributed by atoms with Crippen molar-refractivity contribution in [3.8, 4) is 0 Å².